The number of nitrogen functional groups attached to an aromatic ring is 1. The van der Waals surface area contributed by atoms with Gasteiger partial charge >= 0.3 is 0 Å². The Morgan fingerprint density at radius 2 is 2.04 bits per heavy atom. The Kier molecular flexibility index (Phi) is 5.07. The van der Waals surface area contributed by atoms with Crippen LogP contribution in [0.2, 0.25) is 0 Å². The maximum atomic E-state index is 6.46. The normalized spacial score (nSPS) is 16.6. The lowest BCUT2D eigenvalue weighted by atomic mass is 10.1. The Labute approximate surface area is 159 Å². The second kappa shape index (κ2) is 7.80. The third-order valence-electron chi connectivity index (χ3n) is 5.01. The number of aromatic nitrogens is 2. The van der Waals surface area contributed by atoms with E-state index in [9.17, 15) is 0 Å². The molecule has 1 aliphatic heterocycles. The van der Waals surface area contributed by atoms with Crippen LogP contribution in [0, 0.1) is 0 Å². The molecule has 1 fully saturated rings. The van der Waals surface area contributed by atoms with Crippen molar-refractivity contribution >= 4 is 33.8 Å². The molecule has 1 aliphatic rings. The van der Waals surface area contributed by atoms with Crippen LogP contribution in [0.25, 0.3) is 10.8 Å². The van der Waals surface area contributed by atoms with Crippen LogP contribution in [0.15, 0.2) is 48.8 Å². The van der Waals surface area contributed by atoms with E-state index in [4.69, 9.17) is 10.5 Å². The summed E-state index contributed by atoms with van der Waals surface area (Å²) in [5, 5.41) is 5.70. The van der Waals surface area contributed by atoms with Crippen LogP contribution in [0.5, 0.6) is 0 Å². The summed E-state index contributed by atoms with van der Waals surface area (Å²) in [6.45, 7) is 4.39. The molecule has 27 heavy (non-hydrogen) atoms. The summed E-state index contributed by atoms with van der Waals surface area (Å²) in [5.74, 6) is 1.38. The van der Waals surface area contributed by atoms with Crippen LogP contribution in [0.4, 0.5) is 23.0 Å². The fraction of sp³-hybridized carbons (Fsp3) is 0.333. The first-order valence-corrected chi connectivity index (χ1v) is 9.49. The molecule has 3 aromatic rings. The molecule has 140 valence electrons. The molecular weight excluding hydrogens is 338 g/mol. The highest BCUT2D eigenvalue weighted by atomic mass is 16.5. The fourth-order valence-corrected chi connectivity index (χ4v) is 3.64. The van der Waals surface area contributed by atoms with Crippen molar-refractivity contribution < 1.29 is 4.74 Å². The second-order valence-corrected chi connectivity index (χ2v) is 6.72. The average molecular weight is 363 g/mol. The molecule has 1 saturated heterocycles. The Balaban J connectivity index is 1.67. The standard InChI is InChI=1S/C21H25N5O/c1-2-26(18-11-5-8-15-7-3-4-10-17(15)18)21-19(22)20(24-14-25-21)23-13-16-9-6-12-27-16/h3-5,7-8,10-11,14,16H,2,6,9,12-13,22H2,1H3,(H,23,24,25). The van der Waals surface area contributed by atoms with Crippen LogP contribution in [0.1, 0.15) is 19.8 Å². The van der Waals surface area contributed by atoms with Crippen molar-refractivity contribution in [3.05, 3.63) is 48.8 Å². The van der Waals surface area contributed by atoms with E-state index < -0.39 is 0 Å². The Morgan fingerprint density at radius 1 is 1.19 bits per heavy atom. The van der Waals surface area contributed by atoms with Gasteiger partial charge in [-0.3, -0.25) is 0 Å². The predicted octanol–water partition coefficient (Wildman–Crippen LogP) is 3.96. The minimum Gasteiger partial charge on any atom is -0.393 e. The maximum Gasteiger partial charge on any atom is 0.161 e. The molecule has 6 heteroatoms. The van der Waals surface area contributed by atoms with Gasteiger partial charge in [-0.25, -0.2) is 9.97 Å². The molecule has 0 aliphatic carbocycles. The fourth-order valence-electron chi connectivity index (χ4n) is 3.64. The molecule has 0 spiro atoms. The van der Waals surface area contributed by atoms with Gasteiger partial charge in [-0.2, -0.15) is 0 Å². The van der Waals surface area contributed by atoms with E-state index in [1.165, 1.54) is 10.8 Å². The molecule has 0 amide bonds. The zero-order chi connectivity index (χ0) is 18.6. The summed E-state index contributed by atoms with van der Waals surface area (Å²) in [5.41, 5.74) is 8.11. The SMILES string of the molecule is CCN(c1ncnc(NCC2CCCO2)c1N)c1cccc2ccccc12. The van der Waals surface area contributed by atoms with Gasteiger partial charge in [-0.15, -0.1) is 0 Å². The minimum atomic E-state index is 0.225. The van der Waals surface area contributed by atoms with Crippen molar-refractivity contribution in [1.82, 2.24) is 9.97 Å². The van der Waals surface area contributed by atoms with E-state index in [-0.39, 0.29) is 6.10 Å². The maximum absolute atomic E-state index is 6.46. The van der Waals surface area contributed by atoms with Crippen LogP contribution in [-0.2, 0) is 4.74 Å². The number of benzene rings is 2. The highest BCUT2D eigenvalue weighted by Gasteiger charge is 2.19. The third-order valence-corrected chi connectivity index (χ3v) is 5.01. The molecule has 2 heterocycles. The summed E-state index contributed by atoms with van der Waals surface area (Å²) in [7, 11) is 0. The van der Waals surface area contributed by atoms with Crippen molar-refractivity contribution in [2.45, 2.75) is 25.9 Å². The molecule has 2 aromatic carbocycles. The van der Waals surface area contributed by atoms with E-state index in [2.05, 4.69) is 69.6 Å². The van der Waals surface area contributed by atoms with Crippen LogP contribution < -0.4 is 16.0 Å². The summed E-state index contributed by atoms with van der Waals surface area (Å²) in [4.78, 5) is 11.0. The largest absolute Gasteiger partial charge is 0.393 e. The van der Waals surface area contributed by atoms with Crippen LogP contribution in [0.3, 0.4) is 0 Å². The van der Waals surface area contributed by atoms with Gasteiger partial charge < -0.3 is 20.7 Å². The smallest absolute Gasteiger partial charge is 0.161 e. The molecule has 1 atom stereocenters. The predicted molar refractivity (Wildman–Crippen MR) is 111 cm³/mol. The van der Waals surface area contributed by atoms with Gasteiger partial charge in [0.25, 0.3) is 0 Å². The highest BCUT2D eigenvalue weighted by molar-refractivity contribution is 5.97. The second-order valence-electron chi connectivity index (χ2n) is 6.72. The van der Waals surface area contributed by atoms with Gasteiger partial charge in [0.05, 0.1) is 11.8 Å². The topological polar surface area (TPSA) is 76.3 Å². The molecule has 6 nitrogen and oxygen atoms in total. The summed E-state index contributed by atoms with van der Waals surface area (Å²) < 4.78 is 5.67. The van der Waals surface area contributed by atoms with E-state index >= 15 is 0 Å². The first-order chi connectivity index (χ1) is 13.3. The van der Waals surface area contributed by atoms with Gasteiger partial charge in [-0.1, -0.05) is 36.4 Å². The highest BCUT2D eigenvalue weighted by Crippen LogP contribution is 2.35. The lowest BCUT2D eigenvalue weighted by Crippen LogP contribution is -2.22. The summed E-state index contributed by atoms with van der Waals surface area (Å²) in [6.07, 6.45) is 3.98. The zero-order valence-corrected chi connectivity index (χ0v) is 15.6. The molecule has 3 N–H and O–H groups in total. The molecule has 1 aromatic heterocycles. The summed E-state index contributed by atoms with van der Waals surface area (Å²) in [6, 6.07) is 14.6. The van der Waals surface area contributed by atoms with Crippen molar-refractivity contribution in [1.29, 1.82) is 0 Å². The monoisotopic (exact) mass is 363 g/mol. The number of rotatable bonds is 6. The number of anilines is 4. The van der Waals surface area contributed by atoms with Crippen molar-refractivity contribution in [3.8, 4) is 0 Å². The number of nitrogens with zero attached hydrogens (tertiary/aromatic N) is 3. The lowest BCUT2D eigenvalue weighted by molar-refractivity contribution is 0.120. The minimum absolute atomic E-state index is 0.225. The van der Waals surface area contributed by atoms with Crippen molar-refractivity contribution in [2.75, 3.05) is 35.6 Å². The molecule has 0 bridgehead atoms. The number of hydrogen-bond acceptors (Lipinski definition) is 6. The van der Waals surface area contributed by atoms with E-state index in [0.29, 0.717) is 18.1 Å². The van der Waals surface area contributed by atoms with Gasteiger partial charge in [0.1, 0.15) is 12.0 Å². The Bertz CT molecular complexity index is 918. The van der Waals surface area contributed by atoms with Gasteiger partial charge in [-0.05, 0) is 31.2 Å². The van der Waals surface area contributed by atoms with E-state index in [1.807, 2.05) is 0 Å². The third kappa shape index (κ3) is 3.53. The molecular formula is C21H25N5O. The average Bonchev–Trinajstić information content (AvgIpc) is 3.23. The summed E-state index contributed by atoms with van der Waals surface area (Å²) >= 11 is 0. The Hall–Kier alpha value is -2.86. The number of nitrogens with one attached hydrogen (secondary N) is 1. The number of hydrogen-bond donors (Lipinski definition) is 2. The molecule has 1 unspecified atom stereocenters. The molecule has 0 radical (unpaired) electrons. The number of ether oxygens (including phenoxy) is 1. The number of fused-ring (bicyclic) bond motifs is 1. The van der Waals surface area contributed by atoms with Crippen LogP contribution in [-0.4, -0.2) is 35.8 Å². The van der Waals surface area contributed by atoms with Crippen LogP contribution >= 0.6 is 0 Å². The first-order valence-electron chi connectivity index (χ1n) is 9.49. The number of nitrogens with two attached hydrogens (primary N) is 1. The molecule has 0 saturated carbocycles. The van der Waals surface area contributed by atoms with Crippen molar-refractivity contribution in [2.24, 2.45) is 0 Å². The van der Waals surface area contributed by atoms with E-state index in [0.717, 1.165) is 37.5 Å². The lowest BCUT2D eigenvalue weighted by Gasteiger charge is -2.25. The Morgan fingerprint density at radius 3 is 2.85 bits per heavy atom. The zero-order valence-electron chi connectivity index (χ0n) is 15.6. The molecule has 4 rings (SSSR count). The van der Waals surface area contributed by atoms with Crippen molar-refractivity contribution in [3.63, 3.8) is 0 Å². The van der Waals surface area contributed by atoms with Gasteiger partial charge in [0, 0.05) is 25.1 Å². The van der Waals surface area contributed by atoms with Gasteiger partial charge in [0.2, 0.25) is 0 Å². The van der Waals surface area contributed by atoms with E-state index in [1.54, 1.807) is 6.33 Å². The quantitative estimate of drug-likeness (QED) is 0.690. The van der Waals surface area contributed by atoms with Gasteiger partial charge in [0.15, 0.2) is 11.6 Å². The first kappa shape index (κ1) is 17.5.